The molecule has 0 aliphatic carbocycles. The number of amides is 1. The molecular weight excluding hydrogens is 413 g/mol. The van der Waals surface area contributed by atoms with Gasteiger partial charge in [-0.1, -0.05) is 12.1 Å². The Balaban J connectivity index is 1.63. The van der Waals surface area contributed by atoms with Crippen molar-refractivity contribution in [1.29, 1.82) is 0 Å². The number of halogens is 1. The zero-order valence-electron chi connectivity index (χ0n) is 17.3. The maximum Gasteiger partial charge on any atom is 0.309 e. The van der Waals surface area contributed by atoms with E-state index < -0.39 is 5.56 Å². The molecule has 1 aliphatic heterocycles. The number of carbonyl (C=O) groups excluding carboxylic acids is 1. The van der Waals surface area contributed by atoms with Gasteiger partial charge in [0.1, 0.15) is 11.3 Å². The molecule has 0 atom stereocenters. The molecule has 4 heterocycles. The van der Waals surface area contributed by atoms with Gasteiger partial charge in [-0.15, -0.1) is 0 Å². The fraction of sp³-hybridized carbons (Fsp3) is 0.261. The zero-order chi connectivity index (χ0) is 22.2. The normalized spacial score (nSPS) is 15.2. The molecule has 164 valence electrons. The van der Waals surface area contributed by atoms with Crippen molar-refractivity contribution < 1.29 is 14.4 Å². The summed E-state index contributed by atoms with van der Waals surface area (Å²) in [6.07, 6.45) is 5.42. The minimum atomic E-state index is -0.578. The summed E-state index contributed by atoms with van der Waals surface area (Å²) in [5.74, 6) is -0.242. The summed E-state index contributed by atoms with van der Waals surface area (Å²) in [5, 5.41) is 14.2. The number of pyridine rings is 2. The first-order valence-electron chi connectivity index (χ1n) is 10.4. The molecular formula is C23H22FN5O3. The Labute approximate surface area is 182 Å². The second-order valence-corrected chi connectivity index (χ2v) is 8.03. The highest BCUT2D eigenvalue weighted by molar-refractivity contribution is 6.06. The molecule has 2 N–H and O–H groups in total. The predicted molar refractivity (Wildman–Crippen MR) is 117 cm³/mol. The van der Waals surface area contributed by atoms with Crippen molar-refractivity contribution in [3.8, 4) is 0 Å². The first-order chi connectivity index (χ1) is 15.5. The summed E-state index contributed by atoms with van der Waals surface area (Å²) in [7, 11) is 0. The lowest BCUT2D eigenvalue weighted by molar-refractivity contribution is -0.120. The number of nitrogens with one attached hydrogen (secondary N) is 1. The Bertz CT molecular complexity index is 1380. The highest BCUT2D eigenvalue weighted by atomic mass is 19.1. The quantitative estimate of drug-likeness (QED) is 0.479. The van der Waals surface area contributed by atoms with Crippen LogP contribution in [0.4, 0.5) is 4.39 Å². The number of fused-ring (bicyclic) bond motifs is 3. The Morgan fingerprint density at radius 1 is 1.09 bits per heavy atom. The van der Waals surface area contributed by atoms with Gasteiger partial charge in [-0.3, -0.25) is 14.5 Å². The molecule has 9 heteroatoms. The first kappa shape index (κ1) is 20.2. The van der Waals surface area contributed by atoms with E-state index in [1.807, 2.05) is 10.8 Å². The summed E-state index contributed by atoms with van der Waals surface area (Å²) < 4.78 is 15.9. The Hall–Kier alpha value is -3.72. The van der Waals surface area contributed by atoms with Crippen molar-refractivity contribution in [2.24, 2.45) is 0 Å². The van der Waals surface area contributed by atoms with E-state index in [1.165, 1.54) is 18.3 Å². The maximum atomic E-state index is 13.3. The van der Waals surface area contributed by atoms with Crippen molar-refractivity contribution in [3.63, 3.8) is 0 Å². The van der Waals surface area contributed by atoms with Gasteiger partial charge in [-0.05, 0) is 29.3 Å². The van der Waals surface area contributed by atoms with E-state index in [-0.39, 0.29) is 17.2 Å². The zero-order valence-corrected chi connectivity index (χ0v) is 17.3. The molecule has 8 nitrogen and oxygen atoms in total. The van der Waals surface area contributed by atoms with Crippen molar-refractivity contribution in [3.05, 3.63) is 76.2 Å². The largest absolute Gasteiger partial charge is 0.425 e. The second kappa shape index (κ2) is 8.08. The van der Waals surface area contributed by atoms with Crippen molar-refractivity contribution >= 4 is 27.7 Å². The van der Waals surface area contributed by atoms with Gasteiger partial charge in [0.2, 0.25) is 5.91 Å². The van der Waals surface area contributed by atoms with Crippen molar-refractivity contribution in [2.75, 3.05) is 19.6 Å². The van der Waals surface area contributed by atoms with Crippen LogP contribution in [0.25, 0.3) is 21.8 Å². The third-order valence-electron chi connectivity index (χ3n) is 5.90. The molecule has 5 rings (SSSR count). The van der Waals surface area contributed by atoms with E-state index in [9.17, 15) is 19.2 Å². The van der Waals surface area contributed by atoms with Gasteiger partial charge < -0.3 is 15.1 Å². The van der Waals surface area contributed by atoms with E-state index >= 15 is 0 Å². The smallest absolute Gasteiger partial charge is 0.309 e. The third kappa shape index (κ3) is 3.71. The van der Waals surface area contributed by atoms with E-state index in [0.717, 1.165) is 28.6 Å². The van der Waals surface area contributed by atoms with E-state index in [2.05, 4.69) is 15.2 Å². The van der Waals surface area contributed by atoms with Gasteiger partial charge in [0.05, 0.1) is 11.7 Å². The molecule has 1 aromatic carbocycles. The number of rotatable bonds is 4. The van der Waals surface area contributed by atoms with Crippen LogP contribution in [0, 0.1) is 5.82 Å². The SMILES string of the molecule is O=C1CCN(Cc2cn(Cc3ccc(F)cc3)c3cnc4c(=O)n(O)ccc4c23)CCN1. The average molecular weight is 435 g/mol. The summed E-state index contributed by atoms with van der Waals surface area (Å²) in [4.78, 5) is 30.7. The molecule has 0 unspecified atom stereocenters. The topological polar surface area (TPSA) is 92.4 Å². The van der Waals surface area contributed by atoms with Crippen LogP contribution in [0.2, 0.25) is 0 Å². The van der Waals surface area contributed by atoms with Crippen LogP contribution in [0.1, 0.15) is 17.5 Å². The molecule has 4 aromatic rings. The summed E-state index contributed by atoms with van der Waals surface area (Å²) >= 11 is 0. The fourth-order valence-corrected chi connectivity index (χ4v) is 4.30. The van der Waals surface area contributed by atoms with Crippen LogP contribution in [0.3, 0.4) is 0 Å². The Morgan fingerprint density at radius 3 is 2.72 bits per heavy atom. The van der Waals surface area contributed by atoms with Crippen molar-refractivity contribution in [1.82, 2.24) is 24.5 Å². The summed E-state index contributed by atoms with van der Waals surface area (Å²) in [6.45, 7) is 3.07. The lowest BCUT2D eigenvalue weighted by Gasteiger charge is -2.18. The second-order valence-electron chi connectivity index (χ2n) is 8.03. The number of aromatic nitrogens is 3. The Kier molecular flexibility index (Phi) is 5.10. The number of carbonyl (C=O) groups is 1. The standard InChI is InChI=1S/C23H22FN5O3/c24-17-3-1-15(2-4-17)12-28-14-16(13-27-8-6-20(30)25-7-10-27)21-18-5-9-29(32)23(31)22(18)26-11-19(21)28/h1-5,9,11,14,32H,6-8,10,12-13H2,(H,25,30). The molecule has 0 radical (unpaired) electrons. The third-order valence-corrected chi connectivity index (χ3v) is 5.90. The van der Waals surface area contributed by atoms with Gasteiger partial charge in [0.15, 0.2) is 0 Å². The van der Waals surface area contributed by atoms with Crippen LogP contribution in [0.5, 0.6) is 0 Å². The van der Waals surface area contributed by atoms with Crippen molar-refractivity contribution in [2.45, 2.75) is 19.5 Å². The van der Waals surface area contributed by atoms with Gasteiger partial charge >= 0.3 is 5.56 Å². The number of hydrogen-bond acceptors (Lipinski definition) is 5. The van der Waals surface area contributed by atoms with E-state index in [0.29, 0.717) is 42.7 Å². The molecule has 3 aromatic heterocycles. The van der Waals surface area contributed by atoms with Crippen LogP contribution in [-0.4, -0.2) is 49.9 Å². The lowest BCUT2D eigenvalue weighted by Crippen LogP contribution is -2.28. The van der Waals surface area contributed by atoms with Crippen LogP contribution >= 0.6 is 0 Å². The molecule has 1 aliphatic rings. The van der Waals surface area contributed by atoms with Gasteiger partial charge in [-0.25, -0.2) is 9.37 Å². The monoisotopic (exact) mass is 435 g/mol. The summed E-state index contributed by atoms with van der Waals surface area (Å²) in [6, 6.07) is 8.03. The van der Waals surface area contributed by atoms with Crippen LogP contribution < -0.4 is 10.9 Å². The number of benzene rings is 1. The van der Waals surface area contributed by atoms with Gasteiger partial charge in [0.25, 0.3) is 0 Å². The Morgan fingerprint density at radius 2 is 1.91 bits per heavy atom. The van der Waals surface area contributed by atoms with E-state index in [4.69, 9.17) is 0 Å². The molecule has 0 spiro atoms. The molecule has 1 saturated heterocycles. The fourth-order valence-electron chi connectivity index (χ4n) is 4.30. The minimum Gasteiger partial charge on any atom is -0.425 e. The average Bonchev–Trinajstić information content (AvgIpc) is 2.99. The summed E-state index contributed by atoms with van der Waals surface area (Å²) in [5.41, 5.74) is 2.39. The lowest BCUT2D eigenvalue weighted by atomic mass is 10.1. The van der Waals surface area contributed by atoms with Gasteiger partial charge in [0, 0.05) is 62.3 Å². The molecule has 1 amide bonds. The molecule has 0 saturated carbocycles. The minimum absolute atomic E-state index is 0.0457. The van der Waals surface area contributed by atoms with Crippen LogP contribution in [-0.2, 0) is 17.9 Å². The maximum absolute atomic E-state index is 13.3. The highest BCUT2D eigenvalue weighted by Crippen LogP contribution is 2.29. The number of nitrogens with zero attached hydrogens (tertiary/aromatic N) is 4. The van der Waals surface area contributed by atoms with Gasteiger partial charge in [-0.2, -0.15) is 4.73 Å². The first-order valence-corrected chi connectivity index (χ1v) is 10.4. The molecule has 32 heavy (non-hydrogen) atoms. The molecule has 1 fully saturated rings. The highest BCUT2D eigenvalue weighted by Gasteiger charge is 2.19. The number of hydrogen-bond donors (Lipinski definition) is 2. The predicted octanol–water partition coefficient (Wildman–Crippen LogP) is 2.10. The van der Waals surface area contributed by atoms with Crippen LogP contribution in [0.15, 0.2) is 53.7 Å². The van der Waals surface area contributed by atoms with E-state index in [1.54, 1.807) is 24.4 Å². The molecule has 0 bridgehead atoms.